The molecule has 0 aromatic heterocycles. The Hall–Kier alpha value is -1.73. The Morgan fingerprint density at radius 1 is 1.35 bits per heavy atom. The van der Waals surface area contributed by atoms with Crippen molar-refractivity contribution in [1.29, 1.82) is 5.26 Å². The summed E-state index contributed by atoms with van der Waals surface area (Å²) in [6, 6.07) is 10.3. The second-order valence-corrected chi connectivity index (χ2v) is 5.24. The molecule has 0 radical (unpaired) electrons. The molecule has 0 saturated carbocycles. The predicted octanol–water partition coefficient (Wildman–Crippen LogP) is 2.80. The minimum atomic E-state index is -0.462. The number of nitrogens with one attached hydrogen (secondary N) is 1. The zero-order valence-electron chi connectivity index (χ0n) is 12.9. The molecule has 1 unspecified atom stereocenters. The third-order valence-electron chi connectivity index (χ3n) is 3.47. The zero-order chi connectivity index (χ0) is 15.0. The van der Waals surface area contributed by atoms with Gasteiger partial charge in [-0.05, 0) is 50.6 Å². The van der Waals surface area contributed by atoms with Gasteiger partial charge in [0, 0.05) is 19.3 Å². The Balaban J connectivity index is 2.56. The van der Waals surface area contributed by atoms with Crippen LogP contribution in [0.25, 0.3) is 0 Å². The molecule has 0 fully saturated rings. The number of hydrogen-bond donors (Lipinski definition) is 1. The van der Waals surface area contributed by atoms with E-state index in [1.807, 2.05) is 38.2 Å². The maximum atomic E-state index is 9.32. The van der Waals surface area contributed by atoms with Gasteiger partial charge in [0.25, 0.3) is 0 Å². The number of nitriles is 1. The first-order valence-electron chi connectivity index (χ1n) is 7.06. The third kappa shape index (κ3) is 4.75. The molecule has 1 N–H and O–H groups in total. The van der Waals surface area contributed by atoms with Crippen molar-refractivity contribution in [3.8, 4) is 11.8 Å². The van der Waals surface area contributed by atoms with Crippen LogP contribution in [0.15, 0.2) is 24.3 Å². The molecule has 4 nitrogen and oxygen atoms in total. The van der Waals surface area contributed by atoms with Crippen molar-refractivity contribution < 1.29 is 4.74 Å². The first-order valence-corrected chi connectivity index (χ1v) is 7.06. The van der Waals surface area contributed by atoms with Crippen LogP contribution >= 0.6 is 0 Å². The van der Waals surface area contributed by atoms with E-state index in [1.54, 1.807) is 7.11 Å². The van der Waals surface area contributed by atoms with Crippen LogP contribution in [0.5, 0.6) is 5.75 Å². The maximum absolute atomic E-state index is 9.32. The normalized spacial score (nSPS) is 13.3. The van der Waals surface area contributed by atoms with Gasteiger partial charge in [0.05, 0.1) is 13.2 Å². The van der Waals surface area contributed by atoms with E-state index in [2.05, 4.69) is 23.2 Å². The summed E-state index contributed by atoms with van der Waals surface area (Å²) in [6.45, 7) is 5.77. The standard InChI is InChI=1S/C16H25N3O/c1-5-11-18-16(2,13-17)10-12-19(3)14-6-8-15(20-4)9-7-14/h6-9,18H,5,10-12H2,1-4H3. The number of ether oxygens (including phenoxy) is 1. The second kappa shape index (κ2) is 7.76. The highest BCUT2D eigenvalue weighted by Gasteiger charge is 2.22. The van der Waals surface area contributed by atoms with E-state index in [1.165, 1.54) is 0 Å². The summed E-state index contributed by atoms with van der Waals surface area (Å²) in [4.78, 5) is 2.16. The predicted molar refractivity (Wildman–Crippen MR) is 83.2 cm³/mol. The summed E-state index contributed by atoms with van der Waals surface area (Å²) in [5, 5.41) is 12.6. The second-order valence-electron chi connectivity index (χ2n) is 5.24. The molecular formula is C16H25N3O. The lowest BCUT2D eigenvalue weighted by molar-refractivity contribution is 0.414. The summed E-state index contributed by atoms with van der Waals surface area (Å²) in [7, 11) is 3.70. The van der Waals surface area contributed by atoms with Crippen molar-refractivity contribution in [2.24, 2.45) is 0 Å². The van der Waals surface area contributed by atoms with Crippen LogP contribution in [0.3, 0.4) is 0 Å². The lowest BCUT2D eigenvalue weighted by atomic mass is 9.99. The van der Waals surface area contributed by atoms with Gasteiger partial charge in [0.2, 0.25) is 0 Å². The molecule has 0 amide bonds. The molecule has 0 saturated heterocycles. The maximum Gasteiger partial charge on any atom is 0.119 e. The van der Waals surface area contributed by atoms with Crippen molar-refractivity contribution in [2.45, 2.75) is 32.2 Å². The summed E-state index contributed by atoms with van der Waals surface area (Å²) in [5.41, 5.74) is 0.665. The Kier molecular flexibility index (Phi) is 6.33. The van der Waals surface area contributed by atoms with E-state index in [-0.39, 0.29) is 0 Å². The van der Waals surface area contributed by atoms with Crippen LogP contribution in [0, 0.1) is 11.3 Å². The number of hydrogen-bond acceptors (Lipinski definition) is 4. The quantitative estimate of drug-likeness (QED) is 0.792. The summed E-state index contributed by atoms with van der Waals surface area (Å²) >= 11 is 0. The number of benzene rings is 1. The molecule has 0 spiro atoms. The molecule has 1 aromatic rings. The van der Waals surface area contributed by atoms with Gasteiger partial charge in [-0.3, -0.25) is 5.32 Å². The van der Waals surface area contributed by atoms with Gasteiger partial charge in [0.15, 0.2) is 0 Å². The largest absolute Gasteiger partial charge is 0.497 e. The van der Waals surface area contributed by atoms with E-state index in [0.29, 0.717) is 0 Å². The van der Waals surface area contributed by atoms with E-state index < -0.39 is 5.54 Å². The first kappa shape index (κ1) is 16.3. The van der Waals surface area contributed by atoms with Gasteiger partial charge in [-0.25, -0.2) is 0 Å². The molecule has 0 aliphatic carbocycles. The molecule has 0 aliphatic rings. The van der Waals surface area contributed by atoms with Crippen molar-refractivity contribution in [2.75, 3.05) is 32.1 Å². The number of nitrogens with zero attached hydrogens (tertiary/aromatic N) is 2. The molecule has 1 atom stereocenters. The van der Waals surface area contributed by atoms with Gasteiger partial charge in [-0.15, -0.1) is 0 Å². The van der Waals surface area contributed by atoms with E-state index >= 15 is 0 Å². The zero-order valence-corrected chi connectivity index (χ0v) is 12.9. The summed E-state index contributed by atoms with van der Waals surface area (Å²) in [5.74, 6) is 0.855. The van der Waals surface area contributed by atoms with Crippen LogP contribution in [-0.2, 0) is 0 Å². The Morgan fingerprint density at radius 2 is 2.00 bits per heavy atom. The van der Waals surface area contributed by atoms with Crippen molar-refractivity contribution >= 4 is 5.69 Å². The number of rotatable bonds is 8. The molecule has 1 aromatic carbocycles. The lowest BCUT2D eigenvalue weighted by Gasteiger charge is -2.27. The third-order valence-corrected chi connectivity index (χ3v) is 3.47. The van der Waals surface area contributed by atoms with Crippen LogP contribution in [0.2, 0.25) is 0 Å². The first-order chi connectivity index (χ1) is 9.54. The van der Waals surface area contributed by atoms with Gasteiger partial charge < -0.3 is 9.64 Å². The fourth-order valence-electron chi connectivity index (χ4n) is 1.94. The average molecular weight is 275 g/mol. The molecule has 4 heteroatoms. The summed E-state index contributed by atoms with van der Waals surface area (Å²) in [6.07, 6.45) is 1.82. The highest BCUT2D eigenvalue weighted by atomic mass is 16.5. The van der Waals surface area contributed by atoms with Crippen molar-refractivity contribution in [3.63, 3.8) is 0 Å². The number of anilines is 1. The molecule has 1 rings (SSSR count). The van der Waals surface area contributed by atoms with Crippen LogP contribution in [0.4, 0.5) is 5.69 Å². The molecule has 20 heavy (non-hydrogen) atoms. The van der Waals surface area contributed by atoms with Crippen LogP contribution in [0.1, 0.15) is 26.7 Å². The average Bonchev–Trinajstić information content (AvgIpc) is 2.50. The SMILES string of the molecule is CCCNC(C)(C#N)CCN(C)c1ccc(OC)cc1. The molecule has 0 bridgehead atoms. The Morgan fingerprint density at radius 3 is 2.50 bits per heavy atom. The molecule has 0 aliphatic heterocycles. The lowest BCUT2D eigenvalue weighted by Crippen LogP contribution is -2.43. The van der Waals surface area contributed by atoms with E-state index in [9.17, 15) is 5.26 Å². The Labute approximate surface area is 122 Å². The minimum absolute atomic E-state index is 0.462. The monoisotopic (exact) mass is 275 g/mol. The fourth-order valence-corrected chi connectivity index (χ4v) is 1.94. The van der Waals surface area contributed by atoms with E-state index in [4.69, 9.17) is 4.74 Å². The van der Waals surface area contributed by atoms with Gasteiger partial charge >= 0.3 is 0 Å². The molecule has 0 heterocycles. The van der Waals surface area contributed by atoms with Gasteiger partial charge in [-0.2, -0.15) is 5.26 Å². The molecule has 110 valence electrons. The highest BCUT2D eigenvalue weighted by molar-refractivity contribution is 5.48. The van der Waals surface area contributed by atoms with Crippen LogP contribution in [-0.4, -0.2) is 32.8 Å². The van der Waals surface area contributed by atoms with Crippen LogP contribution < -0.4 is 15.0 Å². The number of methoxy groups -OCH3 is 1. The van der Waals surface area contributed by atoms with Crippen molar-refractivity contribution in [3.05, 3.63) is 24.3 Å². The fraction of sp³-hybridized carbons (Fsp3) is 0.562. The Bertz CT molecular complexity index is 438. The van der Waals surface area contributed by atoms with Gasteiger partial charge in [-0.1, -0.05) is 6.92 Å². The molecular weight excluding hydrogens is 250 g/mol. The summed E-state index contributed by atoms with van der Waals surface area (Å²) < 4.78 is 5.15. The minimum Gasteiger partial charge on any atom is -0.497 e. The highest BCUT2D eigenvalue weighted by Crippen LogP contribution is 2.19. The van der Waals surface area contributed by atoms with E-state index in [0.717, 1.165) is 37.4 Å². The topological polar surface area (TPSA) is 48.3 Å². The van der Waals surface area contributed by atoms with Gasteiger partial charge in [0.1, 0.15) is 11.3 Å². The smallest absolute Gasteiger partial charge is 0.119 e. The van der Waals surface area contributed by atoms with Crippen molar-refractivity contribution in [1.82, 2.24) is 5.32 Å².